The third kappa shape index (κ3) is 4.39. The van der Waals surface area contributed by atoms with Crippen LogP contribution in [0.3, 0.4) is 0 Å². The molecule has 0 aliphatic heterocycles. The molecule has 1 amide bonds. The van der Waals surface area contributed by atoms with Crippen molar-refractivity contribution in [2.24, 2.45) is 5.73 Å². The Hall–Kier alpha value is -2.36. The van der Waals surface area contributed by atoms with Crippen molar-refractivity contribution in [1.82, 2.24) is 4.98 Å². The van der Waals surface area contributed by atoms with E-state index in [-0.39, 0.29) is 0 Å². The minimum atomic E-state index is -0.422. The van der Waals surface area contributed by atoms with Gasteiger partial charge in [0.25, 0.3) is 0 Å². The molecular weight excluding hydrogens is 250 g/mol. The van der Waals surface area contributed by atoms with Crippen molar-refractivity contribution in [2.75, 3.05) is 12.4 Å². The van der Waals surface area contributed by atoms with Crippen LogP contribution in [-0.4, -0.2) is 17.9 Å². The summed E-state index contributed by atoms with van der Waals surface area (Å²) in [6.45, 7) is 4.25. The van der Waals surface area contributed by atoms with Gasteiger partial charge in [0.2, 0.25) is 5.91 Å². The predicted octanol–water partition coefficient (Wildman–Crippen LogP) is 3.31. The molecule has 0 aliphatic carbocycles. The van der Waals surface area contributed by atoms with Crippen LogP contribution in [0.5, 0.6) is 0 Å². The zero-order valence-electron chi connectivity index (χ0n) is 12.2. The number of amides is 1. The van der Waals surface area contributed by atoms with Gasteiger partial charge in [-0.2, -0.15) is 0 Å². The van der Waals surface area contributed by atoms with Crippen molar-refractivity contribution < 1.29 is 4.79 Å². The summed E-state index contributed by atoms with van der Waals surface area (Å²) in [5, 5.41) is 2.97. The van der Waals surface area contributed by atoms with Crippen LogP contribution in [0.15, 0.2) is 42.6 Å². The molecule has 2 rings (SSSR count). The van der Waals surface area contributed by atoms with Gasteiger partial charge in [-0.3, -0.25) is 4.79 Å². The van der Waals surface area contributed by atoms with Gasteiger partial charge >= 0.3 is 0 Å². The second-order valence-corrected chi connectivity index (χ2v) is 4.33. The van der Waals surface area contributed by atoms with Gasteiger partial charge in [-0.05, 0) is 35.4 Å². The minimum Gasteiger partial charge on any atom is -0.373 e. The van der Waals surface area contributed by atoms with E-state index >= 15 is 0 Å². The average Bonchev–Trinajstić information content (AvgIpc) is 2.48. The Balaban J connectivity index is 0.000000612. The molecule has 0 fully saturated rings. The Kier molecular flexibility index (Phi) is 6.23. The van der Waals surface area contributed by atoms with Gasteiger partial charge in [0.15, 0.2) is 0 Å². The summed E-state index contributed by atoms with van der Waals surface area (Å²) in [7, 11) is 1.81. The number of carbonyl (C=O) groups excluding carboxylic acids is 1. The summed E-state index contributed by atoms with van der Waals surface area (Å²) in [4.78, 5) is 15.2. The zero-order valence-corrected chi connectivity index (χ0v) is 12.2. The lowest BCUT2D eigenvalue weighted by molar-refractivity contribution is 0.100. The second kappa shape index (κ2) is 7.94. The first-order valence-electron chi connectivity index (χ1n) is 6.66. The largest absolute Gasteiger partial charge is 0.373 e. The summed E-state index contributed by atoms with van der Waals surface area (Å²) < 4.78 is 0. The maximum Gasteiger partial charge on any atom is 0.248 e. The first-order valence-corrected chi connectivity index (χ1v) is 6.66. The number of nitrogens with two attached hydrogens (primary N) is 1. The molecule has 1 aromatic carbocycles. The van der Waals surface area contributed by atoms with Crippen LogP contribution in [0.4, 0.5) is 5.82 Å². The number of hydrogen-bond acceptors (Lipinski definition) is 3. The van der Waals surface area contributed by atoms with Crippen LogP contribution >= 0.6 is 0 Å². The Morgan fingerprint density at radius 3 is 2.45 bits per heavy atom. The number of hydrogen-bond donors (Lipinski definition) is 2. The van der Waals surface area contributed by atoms with Gasteiger partial charge in [0, 0.05) is 18.8 Å². The lowest BCUT2D eigenvalue weighted by Crippen LogP contribution is -2.10. The standard InChI is InChI=1S/C13H13N3O.C3H8/c1-15-12-8-10(5-6-16-12)9-3-2-4-11(7-9)13(14)17;1-3-2/h2-8H,1H3,(H2,14,17)(H,15,16);3H2,1-2H3. The Morgan fingerprint density at radius 2 is 1.85 bits per heavy atom. The number of benzene rings is 1. The molecule has 4 nitrogen and oxygen atoms in total. The quantitative estimate of drug-likeness (QED) is 0.900. The molecule has 0 spiro atoms. The van der Waals surface area contributed by atoms with Crippen molar-refractivity contribution in [3.8, 4) is 11.1 Å². The van der Waals surface area contributed by atoms with Crippen LogP contribution in [0.25, 0.3) is 11.1 Å². The minimum absolute atomic E-state index is 0.422. The number of rotatable bonds is 3. The van der Waals surface area contributed by atoms with E-state index in [9.17, 15) is 4.79 Å². The van der Waals surface area contributed by atoms with E-state index in [0.717, 1.165) is 16.9 Å². The molecule has 4 heteroatoms. The molecule has 1 aromatic heterocycles. The van der Waals surface area contributed by atoms with E-state index in [1.54, 1.807) is 18.3 Å². The van der Waals surface area contributed by atoms with Gasteiger partial charge in [-0.25, -0.2) is 4.98 Å². The van der Waals surface area contributed by atoms with Gasteiger partial charge < -0.3 is 11.1 Å². The lowest BCUT2D eigenvalue weighted by Gasteiger charge is -2.05. The molecule has 3 N–H and O–H groups in total. The fraction of sp³-hybridized carbons (Fsp3) is 0.250. The molecule has 0 radical (unpaired) electrons. The summed E-state index contributed by atoms with van der Waals surface area (Å²) in [5.74, 6) is 0.363. The van der Waals surface area contributed by atoms with E-state index in [1.807, 2.05) is 31.3 Å². The maximum atomic E-state index is 11.1. The molecular formula is C16H21N3O. The zero-order chi connectivity index (χ0) is 15.0. The van der Waals surface area contributed by atoms with Crippen molar-refractivity contribution in [1.29, 1.82) is 0 Å². The van der Waals surface area contributed by atoms with Gasteiger partial charge in [-0.1, -0.05) is 32.4 Å². The van der Waals surface area contributed by atoms with E-state index in [1.165, 1.54) is 6.42 Å². The number of anilines is 1. The summed E-state index contributed by atoms with van der Waals surface area (Å²) >= 11 is 0. The lowest BCUT2D eigenvalue weighted by atomic mass is 10.0. The van der Waals surface area contributed by atoms with Crippen LogP contribution in [-0.2, 0) is 0 Å². The fourth-order valence-electron chi connectivity index (χ4n) is 1.60. The van der Waals surface area contributed by atoms with Crippen LogP contribution < -0.4 is 11.1 Å². The molecule has 0 bridgehead atoms. The molecule has 1 heterocycles. The monoisotopic (exact) mass is 271 g/mol. The maximum absolute atomic E-state index is 11.1. The van der Waals surface area contributed by atoms with Crippen LogP contribution in [0.2, 0.25) is 0 Å². The average molecular weight is 271 g/mol. The molecule has 0 unspecified atom stereocenters. The Morgan fingerprint density at radius 1 is 1.20 bits per heavy atom. The molecule has 0 saturated carbocycles. The summed E-state index contributed by atoms with van der Waals surface area (Å²) in [5.41, 5.74) is 7.70. The third-order valence-corrected chi connectivity index (χ3v) is 2.50. The van der Waals surface area contributed by atoms with Crippen molar-refractivity contribution in [3.05, 3.63) is 48.2 Å². The highest BCUT2D eigenvalue weighted by molar-refractivity contribution is 5.94. The Bertz CT molecular complexity index is 567. The normalized spacial score (nSPS) is 9.35. The molecule has 0 saturated heterocycles. The molecule has 106 valence electrons. The van der Waals surface area contributed by atoms with E-state index in [4.69, 9.17) is 5.73 Å². The molecule has 0 aliphatic rings. The molecule has 20 heavy (non-hydrogen) atoms. The van der Waals surface area contributed by atoms with Gasteiger partial charge in [-0.15, -0.1) is 0 Å². The van der Waals surface area contributed by atoms with E-state index < -0.39 is 5.91 Å². The first kappa shape index (κ1) is 15.7. The van der Waals surface area contributed by atoms with Gasteiger partial charge in [0.1, 0.15) is 5.82 Å². The number of aromatic nitrogens is 1. The number of primary amides is 1. The van der Waals surface area contributed by atoms with Crippen molar-refractivity contribution in [3.63, 3.8) is 0 Å². The van der Waals surface area contributed by atoms with E-state index in [2.05, 4.69) is 24.1 Å². The van der Waals surface area contributed by atoms with Crippen LogP contribution in [0, 0.1) is 0 Å². The highest BCUT2D eigenvalue weighted by atomic mass is 16.1. The summed E-state index contributed by atoms with van der Waals surface area (Å²) in [6, 6.07) is 11.0. The fourth-order valence-corrected chi connectivity index (χ4v) is 1.60. The van der Waals surface area contributed by atoms with Crippen LogP contribution in [0.1, 0.15) is 30.6 Å². The number of nitrogens with one attached hydrogen (secondary N) is 1. The SMILES string of the molecule is CCC.CNc1cc(-c2cccc(C(N)=O)c2)ccn1. The van der Waals surface area contributed by atoms with Crippen molar-refractivity contribution >= 4 is 11.7 Å². The summed E-state index contributed by atoms with van der Waals surface area (Å²) in [6.07, 6.45) is 2.97. The topological polar surface area (TPSA) is 68.0 Å². The Labute approximate surface area is 120 Å². The van der Waals surface area contributed by atoms with Crippen molar-refractivity contribution in [2.45, 2.75) is 20.3 Å². The van der Waals surface area contributed by atoms with Gasteiger partial charge in [0.05, 0.1) is 0 Å². The highest BCUT2D eigenvalue weighted by Crippen LogP contribution is 2.21. The van der Waals surface area contributed by atoms with E-state index in [0.29, 0.717) is 5.56 Å². The number of nitrogens with zero attached hydrogens (tertiary/aromatic N) is 1. The first-order chi connectivity index (χ1) is 9.62. The smallest absolute Gasteiger partial charge is 0.248 e. The predicted molar refractivity (Wildman–Crippen MR) is 83.7 cm³/mol. The third-order valence-electron chi connectivity index (χ3n) is 2.50. The number of carbonyl (C=O) groups is 1. The highest BCUT2D eigenvalue weighted by Gasteiger charge is 2.03. The number of pyridine rings is 1. The second-order valence-electron chi connectivity index (χ2n) is 4.33. The molecule has 0 atom stereocenters. The molecule has 2 aromatic rings.